The molecule has 0 aliphatic rings. The van der Waals surface area contributed by atoms with E-state index in [1.807, 2.05) is 6.92 Å². The van der Waals surface area contributed by atoms with Crippen LogP contribution in [0.2, 0.25) is 10.0 Å². The van der Waals surface area contributed by atoms with E-state index in [-0.39, 0.29) is 15.6 Å². The molecule has 17 heavy (non-hydrogen) atoms. The summed E-state index contributed by atoms with van der Waals surface area (Å²) < 4.78 is 13.8. The molecule has 0 fully saturated rings. The molecule has 2 nitrogen and oxygen atoms in total. The fourth-order valence-electron chi connectivity index (χ4n) is 1.63. The lowest BCUT2D eigenvalue weighted by Gasteiger charge is -2.21. The van der Waals surface area contributed by atoms with Gasteiger partial charge in [0, 0.05) is 10.6 Å². The van der Waals surface area contributed by atoms with Crippen molar-refractivity contribution in [1.29, 1.82) is 0 Å². The first-order valence-corrected chi connectivity index (χ1v) is 6.31. The minimum absolute atomic E-state index is 0.0393. The van der Waals surface area contributed by atoms with E-state index in [1.165, 1.54) is 12.1 Å². The van der Waals surface area contributed by atoms with Crippen LogP contribution in [0, 0.1) is 5.82 Å². The number of hydrogen-bond acceptors (Lipinski definition) is 2. The van der Waals surface area contributed by atoms with E-state index in [0.717, 1.165) is 12.8 Å². The molecule has 0 spiro atoms. The van der Waals surface area contributed by atoms with Crippen LogP contribution in [-0.2, 0) is 0 Å². The van der Waals surface area contributed by atoms with Gasteiger partial charge in [-0.15, -0.1) is 0 Å². The Kier molecular flexibility index (Phi) is 5.67. The molecular weight excluding hydrogens is 264 g/mol. The largest absolute Gasteiger partial charge is 0.391 e. The van der Waals surface area contributed by atoms with Crippen molar-refractivity contribution < 1.29 is 9.50 Å². The van der Waals surface area contributed by atoms with Gasteiger partial charge in [0.05, 0.1) is 17.2 Å². The van der Waals surface area contributed by atoms with Gasteiger partial charge in [-0.2, -0.15) is 0 Å². The summed E-state index contributed by atoms with van der Waals surface area (Å²) in [6.07, 6.45) is 1.46. The van der Waals surface area contributed by atoms with Gasteiger partial charge >= 0.3 is 0 Å². The van der Waals surface area contributed by atoms with Crippen LogP contribution in [0.15, 0.2) is 12.1 Å². The first-order chi connectivity index (χ1) is 7.99. The molecule has 0 saturated carbocycles. The molecule has 3 N–H and O–H groups in total. The smallest absolute Gasteiger partial charge is 0.148 e. The molecule has 0 aliphatic heterocycles. The highest BCUT2D eigenvalue weighted by atomic mass is 35.5. The van der Waals surface area contributed by atoms with Crippen LogP contribution in [0.1, 0.15) is 37.8 Å². The third-order valence-electron chi connectivity index (χ3n) is 2.68. The van der Waals surface area contributed by atoms with E-state index in [0.29, 0.717) is 6.42 Å². The second-order valence-corrected chi connectivity index (χ2v) is 4.81. The van der Waals surface area contributed by atoms with Crippen molar-refractivity contribution in [3.05, 3.63) is 33.6 Å². The van der Waals surface area contributed by atoms with E-state index in [4.69, 9.17) is 28.9 Å². The zero-order chi connectivity index (χ0) is 13.0. The van der Waals surface area contributed by atoms with E-state index in [9.17, 15) is 9.50 Å². The van der Waals surface area contributed by atoms with Gasteiger partial charge in [0.2, 0.25) is 0 Å². The van der Waals surface area contributed by atoms with Gasteiger partial charge in [0.25, 0.3) is 0 Å². The number of rotatable bonds is 5. The van der Waals surface area contributed by atoms with Gasteiger partial charge in [0.1, 0.15) is 5.82 Å². The number of hydrogen-bond donors (Lipinski definition) is 2. The van der Waals surface area contributed by atoms with Crippen LogP contribution in [0.25, 0.3) is 0 Å². The summed E-state index contributed by atoms with van der Waals surface area (Å²) in [4.78, 5) is 0. The second-order valence-electron chi connectivity index (χ2n) is 3.99. The zero-order valence-corrected chi connectivity index (χ0v) is 11.1. The van der Waals surface area contributed by atoms with Crippen molar-refractivity contribution >= 4 is 23.2 Å². The van der Waals surface area contributed by atoms with Crippen molar-refractivity contribution in [3.63, 3.8) is 0 Å². The predicted molar refractivity (Wildman–Crippen MR) is 68.9 cm³/mol. The van der Waals surface area contributed by atoms with Crippen LogP contribution in [0.5, 0.6) is 0 Å². The topological polar surface area (TPSA) is 46.2 Å². The highest BCUT2D eigenvalue weighted by Crippen LogP contribution is 2.31. The molecule has 0 aromatic heterocycles. The summed E-state index contributed by atoms with van der Waals surface area (Å²) in [5.74, 6) is -0.651. The SMILES string of the molecule is CCCC[C@@H](O)[C@@H](N)c1c(Cl)ccc(Cl)c1F. The number of benzene rings is 1. The van der Waals surface area contributed by atoms with Gasteiger partial charge < -0.3 is 10.8 Å². The summed E-state index contributed by atoms with van der Waals surface area (Å²) >= 11 is 11.6. The molecule has 5 heteroatoms. The van der Waals surface area contributed by atoms with E-state index in [1.54, 1.807) is 0 Å². The van der Waals surface area contributed by atoms with Crippen molar-refractivity contribution in [2.75, 3.05) is 0 Å². The van der Waals surface area contributed by atoms with Crippen molar-refractivity contribution in [2.24, 2.45) is 5.73 Å². The van der Waals surface area contributed by atoms with Gasteiger partial charge in [0.15, 0.2) is 0 Å². The molecule has 96 valence electrons. The third-order valence-corrected chi connectivity index (χ3v) is 3.30. The average Bonchev–Trinajstić information content (AvgIpc) is 2.31. The molecule has 1 aromatic carbocycles. The van der Waals surface area contributed by atoms with Crippen LogP contribution in [-0.4, -0.2) is 11.2 Å². The highest BCUT2D eigenvalue weighted by Gasteiger charge is 2.23. The normalized spacial score (nSPS) is 14.7. The fourth-order valence-corrected chi connectivity index (χ4v) is 2.07. The zero-order valence-electron chi connectivity index (χ0n) is 9.59. The molecule has 0 unspecified atom stereocenters. The molecule has 0 bridgehead atoms. The Morgan fingerprint density at radius 2 is 1.94 bits per heavy atom. The van der Waals surface area contributed by atoms with Crippen LogP contribution in [0.4, 0.5) is 4.39 Å². The molecule has 0 aliphatic carbocycles. The molecule has 1 aromatic rings. The van der Waals surface area contributed by atoms with Crippen LogP contribution < -0.4 is 5.73 Å². The Hall–Kier alpha value is -0.350. The van der Waals surface area contributed by atoms with Crippen molar-refractivity contribution in [2.45, 2.75) is 38.3 Å². The average molecular weight is 280 g/mol. The van der Waals surface area contributed by atoms with E-state index >= 15 is 0 Å². The van der Waals surface area contributed by atoms with Gasteiger partial charge in [-0.3, -0.25) is 0 Å². The maximum Gasteiger partial charge on any atom is 0.148 e. The molecule has 0 heterocycles. The summed E-state index contributed by atoms with van der Waals surface area (Å²) in [6, 6.07) is 2.00. The Balaban J connectivity index is 2.95. The number of aliphatic hydroxyl groups excluding tert-OH is 1. The Morgan fingerprint density at radius 3 is 2.53 bits per heavy atom. The van der Waals surface area contributed by atoms with Gasteiger partial charge in [-0.25, -0.2) is 4.39 Å². The lowest BCUT2D eigenvalue weighted by molar-refractivity contribution is 0.131. The second kappa shape index (κ2) is 6.55. The lowest BCUT2D eigenvalue weighted by Crippen LogP contribution is -2.27. The molecule has 0 amide bonds. The van der Waals surface area contributed by atoms with Crippen molar-refractivity contribution in [1.82, 2.24) is 0 Å². The highest BCUT2D eigenvalue weighted by molar-refractivity contribution is 6.33. The summed E-state index contributed by atoms with van der Waals surface area (Å²) in [7, 11) is 0. The molecule has 0 radical (unpaired) electrons. The Bertz CT molecular complexity index is 387. The molecule has 0 saturated heterocycles. The van der Waals surface area contributed by atoms with Crippen LogP contribution >= 0.6 is 23.2 Å². The van der Waals surface area contributed by atoms with E-state index < -0.39 is 18.0 Å². The fraction of sp³-hybridized carbons (Fsp3) is 0.500. The molecule has 1 rings (SSSR count). The minimum atomic E-state index is -0.854. The first-order valence-electron chi connectivity index (χ1n) is 5.56. The van der Waals surface area contributed by atoms with Crippen LogP contribution in [0.3, 0.4) is 0 Å². The minimum Gasteiger partial charge on any atom is -0.391 e. The maximum atomic E-state index is 13.8. The lowest BCUT2D eigenvalue weighted by atomic mass is 9.98. The van der Waals surface area contributed by atoms with Gasteiger partial charge in [-0.05, 0) is 18.6 Å². The Labute approximate surface area is 111 Å². The number of aliphatic hydroxyl groups is 1. The summed E-state index contributed by atoms with van der Waals surface area (Å²) in [5.41, 5.74) is 5.90. The quantitative estimate of drug-likeness (QED) is 0.808. The third kappa shape index (κ3) is 3.55. The van der Waals surface area contributed by atoms with Gasteiger partial charge in [-0.1, -0.05) is 43.0 Å². The maximum absolute atomic E-state index is 13.8. The predicted octanol–water partition coefficient (Wildman–Crippen LogP) is 3.68. The number of halogens is 3. The molecule has 2 atom stereocenters. The Morgan fingerprint density at radius 1 is 1.35 bits per heavy atom. The molecular formula is C12H16Cl2FNO. The number of nitrogens with two attached hydrogens (primary N) is 1. The van der Waals surface area contributed by atoms with E-state index in [2.05, 4.69) is 0 Å². The standard InChI is InChI=1S/C12H16Cl2FNO/c1-2-3-4-9(17)12(16)10-7(13)5-6-8(14)11(10)15/h5-6,9,12,17H,2-4,16H2,1H3/t9-,12-/m1/s1. The first kappa shape index (κ1) is 14.7. The summed E-state index contributed by atoms with van der Waals surface area (Å²) in [6.45, 7) is 2.01. The number of unbranched alkanes of at least 4 members (excludes halogenated alkanes) is 1. The monoisotopic (exact) mass is 279 g/mol. The summed E-state index contributed by atoms with van der Waals surface area (Å²) in [5, 5.41) is 10.00. The van der Waals surface area contributed by atoms with Crippen molar-refractivity contribution in [3.8, 4) is 0 Å².